The Morgan fingerprint density at radius 3 is 2.20 bits per heavy atom. The minimum atomic E-state index is -6.07. The lowest BCUT2D eigenvalue weighted by atomic mass is 9.78. The molecule has 2 unspecified atom stereocenters. The lowest BCUT2D eigenvalue weighted by Crippen LogP contribution is -2.50. The summed E-state index contributed by atoms with van der Waals surface area (Å²) in [6.45, 7) is 0.815. The van der Waals surface area contributed by atoms with Crippen molar-refractivity contribution in [2.24, 2.45) is 0 Å². The molecule has 1 saturated heterocycles. The maximum atomic E-state index is 14.2. The molecule has 0 saturated carbocycles. The first kappa shape index (κ1) is 18.8. The third kappa shape index (κ3) is 2.83. The highest BCUT2D eigenvalue weighted by atomic mass is 32.2. The molecule has 3 rings (SSSR count). The largest absolute Gasteiger partial charge is 0.435 e. The fraction of sp³-hybridized carbons (Fsp3) is 0.625. The van der Waals surface area contributed by atoms with Crippen LogP contribution in [0.5, 0.6) is 0 Å². The van der Waals surface area contributed by atoms with Crippen molar-refractivity contribution in [1.82, 2.24) is 4.31 Å². The average molecular weight is 387 g/mol. The van der Waals surface area contributed by atoms with Crippen molar-refractivity contribution >= 4 is 11.9 Å². The molecule has 25 heavy (non-hydrogen) atoms. The molecule has 2 aliphatic rings. The summed E-state index contributed by atoms with van der Waals surface area (Å²) >= 11 is 1.58. The van der Waals surface area contributed by atoms with Crippen LogP contribution >= 0.6 is 11.9 Å². The Morgan fingerprint density at radius 2 is 1.64 bits per heavy atom. The van der Waals surface area contributed by atoms with E-state index in [0.717, 1.165) is 24.6 Å². The van der Waals surface area contributed by atoms with Gasteiger partial charge in [0.25, 0.3) is 0 Å². The molecule has 2 atom stereocenters. The molecule has 0 bridgehead atoms. The Morgan fingerprint density at radius 1 is 1.00 bits per heavy atom. The van der Waals surface area contributed by atoms with E-state index in [9.17, 15) is 30.7 Å². The summed E-state index contributed by atoms with van der Waals surface area (Å²) in [5.41, 5.74) is -5.61. The van der Waals surface area contributed by atoms with E-state index in [2.05, 4.69) is 4.31 Å². The lowest BCUT2D eigenvalue weighted by Gasteiger charge is -2.34. The van der Waals surface area contributed by atoms with Gasteiger partial charge < -0.3 is 0 Å². The first-order chi connectivity index (χ1) is 11.5. The third-order valence-corrected chi connectivity index (χ3v) is 6.08. The topological polar surface area (TPSA) is 3.24 Å². The quantitative estimate of drug-likeness (QED) is 0.497. The maximum absolute atomic E-state index is 14.2. The fourth-order valence-corrected chi connectivity index (χ4v) is 4.76. The number of halogens is 7. The molecule has 1 heterocycles. The maximum Gasteiger partial charge on any atom is 0.435 e. The molecule has 0 N–H and O–H groups in total. The first-order valence-electron chi connectivity index (χ1n) is 7.77. The van der Waals surface area contributed by atoms with E-state index in [1.807, 2.05) is 6.26 Å². The van der Waals surface area contributed by atoms with Gasteiger partial charge in [-0.15, -0.1) is 0 Å². The summed E-state index contributed by atoms with van der Waals surface area (Å²) in [5.74, 6) is 0.0658. The van der Waals surface area contributed by atoms with Gasteiger partial charge >= 0.3 is 18.0 Å². The second-order valence-corrected chi connectivity index (χ2v) is 7.23. The van der Waals surface area contributed by atoms with Crippen LogP contribution in [-0.4, -0.2) is 35.5 Å². The number of fused-ring (bicyclic) bond motifs is 3. The average Bonchev–Trinajstić information content (AvgIpc) is 2.94. The molecular formula is C16H16F7NS. The van der Waals surface area contributed by atoms with Crippen molar-refractivity contribution in [3.8, 4) is 0 Å². The Labute approximate surface area is 144 Å². The zero-order valence-corrected chi connectivity index (χ0v) is 14.0. The van der Waals surface area contributed by atoms with Crippen molar-refractivity contribution in [2.45, 2.75) is 49.2 Å². The number of nitrogens with zero attached hydrogens (tertiary/aromatic N) is 1. The molecular weight excluding hydrogens is 371 g/mol. The molecule has 1 aliphatic heterocycles. The molecule has 1 aromatic carbocycles. The number of rotatable bonds is 2. The van der Waals surface area contributed by atoms with Crippen molar-refractivity contribution in [3.63, 3.8) is 0 Å². The number of aryl methyl sites for hydroxylation is 1. The summed E-state index contributed by atoms with van der Waals surface area (Å²) < 4.78 is 94.0. The molecule has 1 aromatic rings. The van der Waals surface area contributed by atoms with Crippen LogP contribution in [0.1, 0.15) is 35.4 Å². The van der Waals surface area contributed by atoms with Crippen LogP contribution in [0, 0.1) is 0 Å². The van der Waals surface area contributed by atoms with Gasteiger partial charge in [0, 0.05) is 24.1 Å². The molecule has 9 heteroatoms. The first-order valence-corrected chi connectivity index (χ1v) is 8.95. The third-order valence-electron chi connectivity index (χ3n) is 5.16. The van der Waals surface area contributed by atoms with E-state index in [4.69, 9.17) is 0 Å². The van der Waals surface area contributed by atoms with Gasteiger partial charge in [-0.3, -0.25) is 0 Å². The fourth-order valence-electron chi connectivity index (χ4n) is 3.95. The van der Waals surface area contributed by atoms with Gasteiger partial charge in [0.1, 0.15) is 0 Å². The van der Waals surface area contributed by atoms with E-state index in [-0.39, 0.29) is 12.0 Å². The number of hydrogen-bond acceptors (Lipinski definition) is 2. The second kappa shape index (κ2) is 6.04. The number of hydrogen-bond donors (Lipinski definition) is 0. The van der Waals surface area contributed by atoms with Gasteiger partial charge in [0.2, 0.25) is 0 Å². The minimum Gasteiger partial charge on any atom is -0.247 e. The molecule has 1 nitrogen and oxygen atoms in total. The summed E-state index contributed by atoms with van der Waals surface area (Å²) in [6.07, 6.45) is -8.44. The van der Waals surface area contributed by atoms with Crippen LogP contribution in [0.4, 0.5) is 30.7 Å². The summed E-state index contributed by atoms with van der Waals surface area (Å²) in [6, 6.07) is 2.86. The Hall–Kier alpha value is -0.960. The number of benzene rings is 1. The standard InChI is InChI=1S/C16H16F7NS/c1-25-24-7-6-12-11-4-3-10(8-9(11)2-5-13(12)24)14(17,15(18,19)20)16(21,22)23/h3-4,8,12-13H,2,5-7H2,1H3. The SMILES string of the molecule is CSN1CCC2c3ccc(C(F)(C(F)(F)F)C(F)(F)F)cc3CCC21. The molecule has 0 amide bonds. The smallest absolute Gasteiger partial charge is 0.247 e. The molecule has 1 aliphatic carbocycles. The van der Waals surface area contributed by atoms with E-state index < -0.39 is 23.6 Å². The van der Waals surface area contributed by atoms with E-state index >= 15 is 0 Å². The predicted octanol–water partition coefficient (Wildman–Crippen LogP) is 5.36. The van der Waals surface area contributed by atoms with E-state index in [0.29, 0.717) is 24.5 Å². The van der Waals surface area contributed by atoms with Crippen molar-refractivity contribution in [1.29, 1.82) is 0 Å². The number of alkyl halides is 7. The predicted molar refractivity (Wildman–Crippen MR) is 81.0 cm³/mol. The zero-order chi connectivity index (χ0) is 18.6. The van der Waals surface area contributed by atoms with Crippen molar-refractivity contribution < 1.29 is 30.7 Å². The van der Waals surface area contributed by atoms with Gasteiger partial charge in [-0.05, 0) is 36.6 Å². The Kier molecular flexibility index (Phi) is 4.55. The van der Waals surface area contributed by atoms with Crippen molar-refractivity contribution in [2.75, 3.05) is 12.8 Å². The van der Waals surface area contributed by atoms with E-state index in [1.165, 1.54) is 6.07 Å². The molecule has 0 aromatic heterocycles. The molecule has 0 radical (unpaired) electrons. The van der Waals surface area contributed by atoms with Gasteiger partial charge in [0.15, 0.2) is 0 Å². The highest BCUT2D eigenvalue weighted by Gasteiger charge is 2.73. The van der Waals surface area contributed by atoms with Gasteiger partial charge in [-0.25, -0.2) is 8.70 Å². The molecule has 1 fully saturated rings. The van der Waals surface area contributed by atoms with Crippen LogP contribution < -0.4 is 0 Å². The highest BCUT2D eigenvalue weighted by Crippen LogP contribution is 2.54. The summed E-state index contributed by atoms with van der Waals surface area (Å²) in [5, 5.41) is 0. The van der Waals surface area contributed by atoms with Gasteiger partial charge in [-0.1, -0.05) is 30.1 Å². The summed E-state index contributed by atoms with van der Waals surface area (Å²) in [7, 11) is 0. The van der Waals surface area contributed by atoms with Crippen molar-refractivity contribution in [3.05, 3.63) is 34.9 Å². The van der Waals surface area contributed by atoms with Crippen LogP contribution in [-0.2, 0) is 12.1 Å². The zero-order valence-electron chi connectivity index (χ0n) is 13.2. The van der Waals surface area contributed by atoms with Crippen LogP contribution in [0.15, 0.2) is 18.2 Å². The molecule has 0 spiro atoms. The van der Waals surface area contributed by atoms with Crippen LogP contribution in [0.25, 0.3) is 0 Å². The van der Waals surface area contributed by atoms with Gasteiger partial charge in [-0.2, -0.15) is 26.3 Å². The molecule has 140 valence electrons. The Bertz CT molecular complexity index is 641. The van der Waals surface area contributed by atoms with Crippen LogP contribution in [0.2, 0.25) is 0 Å². The van der Waals surface area contributed by atoms with Crippen LogP contribution in [0.3, 0.4) is 0 Å². The monoisotopic (exact) mass is 387 g/mol. The second-order valence-electron chi connectivity index (χ2n) is 6.39. The lowest BCUT2D eigenvalue weighted by molar-refractivity contribution is -0.348. The Balaban J connectivity index is 2.03. The minimum absolute atomic E-state index is 0.0658. The summed E-state index contributed by atoms with van der Waals surface area (Å²) in [4.78, 5) is 0. The highest BCUT2D eigenvalue weighted by molar-refractivity contribution is 7.96. The van der Waals surface area contributed by atoms with E-state index in [1.54, 1.807) is 11.9 Å². The normalized spacial score (nSPS) is 25.0. The van der Waals surface area contributed by atoms with Gasteiger partial charge in [0.05, 0.1) is 0 Å².